The number of phenolic OH excluding ortho intramolecular Hbond substituents is 3. The molecule has 0 bridgehead atoms. The summed E-state index contributed by atoms with van der Waals surface area (Å²) in [7, 11) is 0. The molecule has 0 fully saturated rings. The Bertz CT molecular complexity index is 1010. The third kappa shape index (κ3) is 6.56. The molecule has 0 heterocycles. The molecule has 0 radical (unpaired) electrons. The van der Waals surface area contributed by atoms with E-state index in [-0.39, 0.29) is 5.75 Å². The summed E-state index contributed by atoms with van der Waals surface area (Å²) in [5.74, 6) is 0.880. The number of benzene rings is 3. The minimum absolute atomic E-state index is 0.268. The van der Waals surface area contributed by atoms with Crippen molar-refractivity contribution < 1.29 is 15.3 Å². The van der Waals surface area contributed by atoms with E-state index in [1.165, 1.54) is 0 Å². The van der Waals surface area contributed by atoms with Crippen LogP contribution in [0, 0.1) is 20.8 Å². The summed E-state index contributed by atoms with van der Waals surface area (Å²) in [6.45, 7) is 21.9. The highest BCUT2D eigenvalue weighted by Crippen LogP contribution is 2.43. The first-order valence-corrected chi connectivity index (χ1v) is 12.6. The molecular weight excluding hydrogens is 420 g/mol. The smallest absolute Gasteiger partial charge is 0.121 e. The van der Waals surface area contributed by atoms with Gasteiger partial charge < -0.3 is 15.3 Å². The van der Waals surface area contributed by atoms with Gasteiger partial charge in [-0.2, -0.15) is 0 Å². The second kappa shape index (κ2) is 14.3. The number of rotatable bonds is 4. The molecule has 3 aromatic rings. The molecular formula is C31H46O3. The summed E-state index contributed by atoms with van der Waals surface area (Å²) in [5.41, 5.74) is 5.99. The zero-order valence-corrected chi connectivity index (χ0v) is 23.2. The molecule has 3 rings (SSSR count). The van der Waals surface area contributed by atoms with E-state index < -0.39 is 5.41 Å². The highest BCUT2D eigenvalue weighted by atomic mass is 16.3. The van der Waals surface area contributed by atoms with Crippen LogP contribution in [0.4, 0.5) is 0 Å². The molecule has 0 saturated carbocycles. The topological polar surface area (TPSA) is 60.7 Å². The number of aromatic hydroxyl groups is 3. The average molecular weight is 467 g/mol. The van der Waals surface area contributed by atoms with Crippen LogP contribution in [0.15, 0.2) is 48.5 Å². The standard InChI is InChI=1S/C25H28O3.3C2H6/c1-6-18-14-20(8-10-23(18)27)25(5,19-7-9-22(26)15(2)11-19)21-12-16(3)24(28)17(4)13-21;3*1-2/h7-14,26-28H,6H2,1-5H3;3*1-2H3. The maximum absolute atomic E-state index is 10.3. The van der Waals surface area contributed by atoms with Gasteiger partial charge in [0.15, 0.2) is 0 Å². The predicted molar refractivity (Wildman–Crippen MR) is 148 cm³/mol. The van der Waals surface area contributed by atoms with Crippen molar-refractivity contribution in [3.05, 3.63) is 87.5 Å². The third-order valence-electron chi connectivity index (χ3n) is 5.88. The van der Waals surface area contributed by atoms with Crippen LogP contribution >= 0.6 is 0 Å². The SMILES string of the molecule is CC.CC.CC.CCc1cc(C(C)(c2ccc(O)c(C)c2)c2cc(C)c(O)c(C)c2)ccc1O. The van der Waals surface area contributed by atoms with Crippen molar-refractivity contribution in [1.29, 1.82) is 0 Å². The summed E-state index contributed by atoms with van der Waals surface area (Å²) in [4.78, 5) is 0. The van der Waals surface area contributed by atoms with Gasteiger partial charge in [0.05, 0.1) is 0 Å². The summed E-state index contributed by atoms with van der Waals surface area (Å²) >= 11 is 0. The Morgan fingerprint density at radius 1 is 0.588 bits per heavy atom. The predicted octanol–water partition coefficient (Wildman–Crippen LogP) is 8.72. The van der Waals surface area contributed by atoms with Crippen LogP contribution in [0.2, 0.25) is 0 Å². The van der Waals surface area contributed by atoms with E-state index in [0.29, 0.717) is 11.5 Å². The quantitative estimate of drug-likeness (QED) is 0.337. The first-order valence-electron chi connectivity index (χ1n) is 12.6. The number of phenols is 3. The first kappa shape index (κ1) is 31.1. The summed E-state index contributed by atoms with van der Waals surface area (Å²) in [6, 6.07) is 15.5. The van der Waals surface area contributed by atoms with Crippen molar-refractivity contribution in [2.75, 3.05) is 0 Å². The lowest BCUT2D eigenvalue weighted by atomic mass is 9.69. The van der Waals surface area contributed by atoms with Gasteiger partial charge in [-0.1, -0.05) is 84.9 Å². The Balaban J connectivity index is 0.00000168. The number of hydrogen-bond donors (Lipinski definition) is 3. The minimum Gasteiger partial charge on any atom is -0.508 e. The van der Waals surface area contributed by atoms with E-state index in [1.807, 2.05) is 99.6 Å². The van der Waals surface area contributed by atoms with Crippen LogP contribution in [0.25, 0.3) is 0 Å². The maximum atomic E-state index is 10.3. The van der Waals surface area contributed by atoms with E-state index in [9.17, 15) is 15.3 Å². The highest BCUT2D eigenvalue weighted by Gasteiger charge is 2.33. The van der Waals surface area contributed by atoms with Gasteiger partial charge in [0.2, 0.25) is 0 Å². The van der Waals surface area contributed by atoms with Crippen molar-refractivity contribution in [2.24, 2.45) is 0 Å². The van der Waals surface area contributed by atoms with E-state index in [1.54, 1.807) is 12.1 Å². The maximum Gasteiger partial charge on any atom is 0.121 e. The Morgan fingerprint density at radius 2 is 1.00 bits per heavy atom. The zero-order chi connectivity index (χ0) is 26.6. The zero-order valence-electron chi connectivity index (χ0n) is 23.2. The van der Waals surface area contributed by atoms with E-state index in [2.05, 4.69) is 13.0 Å². The Hall–Kier alpha value is -2.94. The summed E-state index contributed by atoms with van der Waals surface area (Å²) in [5, 5.41) is 30.5. The monoisotopic (exact) mass is 466 g/mol. The van der Waals surface area contributed by atoms with Crippen LogP contribution in [0.1, 0.15) is 94.3 Å². The van der Waals surface area contributed by atoms with E-state index >= 15 is 0 Å². The number of hydrogen-bond acceptors (Lipinski definition) is 3. The molecule has 3 nitrogen and oxygen atoms in total. The highest BCUT2D eigenvalue weighted by molar-refractivity contribution is 5.56. The molecule has 0 spiro atoms. The van der Waals surface area contributed by atoms with Gasteiger partial charge in [0, 0.05) is 5.41 Å². The molecule has 3 aromatic carbocycles. The normalized spacial score (nSPS) is 11.5. The Morgan fingerprint density at radius 3 is 1.44 bits per heavy atom. The average Bonchev–Trinajstić information content (AvgIpc) is 2.87. The van der Waals surface area contributed by atoms with Crippen LogP contribution in [0.5, 0.6) is 17.2 Å². The lowest BCUT2D eigenvalue weighted by molar-refractivity contribution is 0.466. The minimum atomic E-state index is -0.515. The molecule has 1 unspecified atom stereocenters. The van der Waals surface area contributed by atoms with Gasteiger partial charge >= 0.3 is 0 Å². The van der Waals surface area contributed by atoms with Gasteiger partial charge in [0.25, 0.3) is 0 Å². The molecule has 0 aliphatic heterocycles. The van der Waals surface area contributed by atoms with Crippen LogP contribution in [-0.2, 0) is 11.8 Å². The Kier molecular flexibility index (Phi) is 13.1. The molecule has 0 aliphatic rings. The lowest BCUT2D eigenvalue weighted by Crippen LogP contribution is -2.26. The molecule has 3 heteroatoms. The van der Waals surface area contributed by atoms with Crippen molar-refractivity contribution in [2.45, 2.75) is 88.0 Å². The van der Waals surface area contributed by atoms with E-state index in [4.69, 9.17) is 0 Å². The number of aryl methyl sites for hydroxylation is 4. The fraction of sp³-hybridized carbons (Fsp3) is 0.419. The molecule has 0 saturated heterocycles. The van der Waals surface area contributed by atoms with Crippen LogP contribution in [0.3, 0.4) is 0 Å². The van der Waals surface area contributed by atoms with Gasteiger partial charge in [0.1, 0.15) is 17.2 Å². The van der Waals surface area contributed by atoms with Gasteiger partial charge in [-0.15, -0.1) is 0 Å². The lowest BCUT2D eigenvalue weighted by Gasteiger charge is -2.33. The van der Waals surface area contributed by atoms with Crippen molar-refractivity contribution in [1.82, 2.24) is 0 Å². The first-order chi connectivity index (χ1) is 16.2. The molecule has 0 amide bonds. The Labute approximate surface area is 208 Å². The summed E-state index contributed by atoms with van der Waals surface area (Å²) in [6.07, 6.45) is 0.734. The molecule has 1 atom stereocenters. The summed E-state index contributed by atoms with van der Waals surface area (Å²) < 4.78 is 0. The molecule has 0 aliphatic carbocycles. The van der Waals surface area contributed by atoms with Crippen LogP contribution in [-0.4, -0.2) is 15.3 Å². The molecule has 188 valence electrons. The second-order valence-electron chi connectivity index (χ2n) is 7.78. The fourth-order valence-electron chi connectivity index (χ4n) is 3.89. The van der Waals surface area contributed by atoms with Crippen molar-refractivity contribution >= 4 is 0 Å². The van der Waals surface area contributed by atoms with Gasteiger partial charge in [-0.25, -0.2) is 0 Å². The third-order valence-corrected chi connectivity index (χ3v) is 5.88. The van der Waals surface area contributed by atoms with Crippen LogP contribution < -0.4 is 0 Å². The molecule has 0 aromatic heterocycles. The molecule has 3 N–H and O–H groups in total. The van der Waals surface area contributed by atoms with E-state index in [0.717, 1.165) is 45.4 Å². The molecule has 34 heavy (non-hydrogen) atoms. The van der Waals surface area contributed by atoms with Crippen molar-refractivity contribution in [3.8, 4) is 17.2 Å². The van der Waals surface area contributed by atoms with Gasteiger partial charge in [-0.05, 0) is 85.2 Å². The largest absolute Gasteiger partial charge is 0.508 e. The van der Waals surface area contributed by atoms with Crippen molar-refractivity contribution in [3.63, 3.8) is 0 Å². The second-order valence-corrected chi connectivity index (χ2v) is 7.78. The fourth-order valence-corrected chi connectivity index (χ4v) is 3.89. The van der Waals surface area contributed by atoms with Gasteiger partial charge in [-0.3, -0.25) is 0 Å².